The summed E-state index contributed by atoms with van der Waals surface area (Å²) < 4.78 is 0. The van der Waals surface area contributed by atoms with E-state index in [1.807, 2.05) is 6.92 Å². The zero-order chi connectivity index (χ0) is 13.0. The molecule has 0 spiro atoms. The number of nitro groups is 1. The van der Waals surface area contributed by atoms with Crippen molar-refractivity contribution in [2.75, 3.05) is 0 Å². The third-order valence-corrected chi connectivity index (χ3v) is 2.69. The number of nitrogens with two attached hydrogens (primary N) is 1. The second-order valence-electron chi connectivity index (χ2n) is 3.73. The number of carboxylic acids is 1. The van der Waals surface area contributed by atoms with E-state index >= 15 is 0 Å². The number of aliphatic carboxylic acids is 1. The molecule has 0 aliphatic heterocycles. The molecule has 0 saturated carbocycles. The van der Waals surface area contributed by atoms with Gasteiger partial charge in [-0.15, -0.1) is 0 Å². The van der Waals surface area contributed by atoms with Crippen LogP contribution in [0.25, 0.3) is 0 Å². The number of carbonyl (C=O) groups is 1. The van der Waals surface area contributed by atoms with Crippen molar-refractivity contribution in [3.05, 3.63) is 39.9 Å². The third kappa shape index (κ3) is 3.01. The second kappa shape index (κ2) is 5.40. The molecule has 3 N–H and O–H groups in total. The molecule has 0 aliphatic rings. The van der Waals surface area contributed by atoms with Crippen LogP contribution in [0.15, 0.2) is 24.3 Å². The van der Waals surface area contributed by atoms with Crippen LogP contribution in [-0.2, 0) is 4.79 Å². The van der Waals surface area contributed by atoms with Crippen molar-refractivity contribution in [1.29, 1.82) is 0 Å². The number of nitrogens with zero attached hydrogens (tertiary/aromatic N) is 1. The molecule has 0 fully saturated rings. The minimum Gasteiger partial charge on any atom is -0.480 e. The van der Waals surface area contributed by atoms with E-state index in [4.69, 9.17) is 10.8 Å². The van der Waals surface area contributed by atoms with Crippen LogP contribution in [0.2, 0.25) is 0 Å². The van der Waals surface area contributed by atoms with E-state index in [9.17, 15) is 14.9 Å². The maximum absolute atomic E-state index is 10.8. The van der Waals surface area contributed by atoms with Gasteiger partial charge in [0.05, 0.1) is 4.92 Å². The molecule has 17 heavy (non-hydrogen) atoms. The van der Waals surface area contributed by atoms with Crippen LogP contribution in [0.4, 0.5) is 5.69 Å². The van der Waals surface area contributed by atoms with Crippen LogP contribution in [0.3, 0.4) is 0 Å². The smallest absolute Gasteiger partial charge is 0.321 e. The first kappa shape index (κ1) is 13.1. The van der Waals surface area contributed by atoms with Crippen molar-refractivity contribution in [1.82, 2.24) is 0 Å². The molecule has 6 heteroatoms. The number of nitro benzene ring substituents is 1. The van der Waals surface area contributed by atoms with Gasteiger partial charge in [-0.05, 0) is 12.0 Å². The Labute approximate surface area is 98.2 Å². The summed E-state index contributed by atoms with van der Waals surface area (Å²) in [5.74, 6) is -1.41. The van der Waals surface area contributed by atoms with E-state index in [2.05, 4.69) is 0 Å². The Morgan fingerprint density at radius 3 is 2.35 bits per heavy atom. The molecular weight excluding hydrogens is 224 g/mol. The fourth-order valence-corrected chi connectivity index (χ4v) is 1.71. The van der Waals surface area contributed by atoms with Gasteiger partial charge in [0.1, 0.15) is 6.04 Å². The third-order valence-electron chi connectivity index (χ3n) is 2.69. The van der Waals surface area contributed by atoms with E-state index in [0.29, 0.717) is 12.0 Å². The molecular formula is C11H14N2O4. The topological polar surface area (TPSA) is 106 Å². The van der Waals surface area contributed by atoms with Crippen molar-refractivity contribution in [2.24, 2.45) is 5.73 Å². The fourth-order valence-electron chi connectivity index (χ4n) is 1.71. The second-order valence-corrected chi connectivity index (χ2v) is 3.73. The minimum atomic E-state index is -1.07. The molecule has 0 radical (unpaired) electrons. The molecule has 0 unspecified atom stereocenters. The van der Waals surface area contributed by atoms with Gasteiger partial charge in [-0.1, -0.05) is 19.1 Å². The van der Waals surface area contributed by atoms with Crippen molar-refractivity contribution >= 4 is 11.7 Å². The Morgan fingerprint density at radius 2 is 2.00 bits per heavy atom. The Hall–Kier alpha value is -1.95. The van der Waals surface area contributed by atoms with Crippen LogP contribution in [0.5, 0.6) is 0 Å². The summed E-state index contributed by atoms with van der Waals surface area (Å²) in [4.78, 5) is 20.8. The van der Waals surface area contributed by atoms with Gasteiger partial charge in [0.25, 0.3) is 5.69 Å². The normalized spacial score (nSPS) is 14.0. The lowest BCUT2D eigenvalue weighted by Gasteiger charge is -2.19. The van der Waals surface area contributed by atoms with Gasteiger partial charge in [0, 0.05) is 18.1 Å². The largest absolute Gasteiger partial charge is 0.480 e. The number of benzene rings is 1. The predicted molar refractivity (Wildman–Crippen MR) is 61.7 cm³/mol. The SMILES string of the molecule is CC[C@@H](c1ccc([N+](=O)[O-])cc1)[C@@H](N)C(=O)O. The first-order valence-corrected chi connectivity index (χ1v) is 5.20. The summed E-state index contributed by atoms with van der Waals surface area (Å²) in [7, 11) is 0. The maximum Gasteiger partial charge on any atom is 0.321 e. The Bertz CT molecular complexity index is 416. The minimum absolute atomic E-state index is 0.0208. The summed E-state index contributed by atoms with van der Waals surface area (Å²) in [5.41, 5.74) is 6.25. The summed E-state index contributed by atoms with van der Waals surface area (Å²) in [6, 6.07) is 4.81. The average molecular weight is 238 g/mol. The summed E-state index contributed by atoms with van der Waals surface area (Å²) in [6.07, 6.45) is 0.561. The van der Waals surface area contributed by atoms with Crippen molar-refractivity contribution in [3.63, 3.8) is 0 Å². The van der Waals surface area contributed by atoms with Gasteiger partial charge in [-0.25, -0.2) is 0 Å². The molecule has 0 bridgehead atoms. The van der Waals surface area contributed by atoms with Gasteiger partial charge in [-0.3, -0.25) is 14.9 Å². The lowest BCUT2D eigenvalue weighted by atomic mass is 9.89. The lowest BCUT2D eigenvalue weighted by molar-refractivity contribution is -0.384. The fraction of sp³-hybridized carbons (Fsp3) is 0.364. The van der Waals surface area contributed by atoms with Crippen LogP contribution >= 0.6 is 0 Å². The maximum atomic E-state index is 10.8. The number of non-ortho nitro benzene ring substituents is 1. The molecule has 0 amide bonds. The Kier molecular flexibility index (Phi) is 4.17. The van der Waals surface area contributed by atoms with Crippen LogP contribution in [-0.4, -0.2) is 22.0 Å². The van der Waals surface area contributed by atoms with Gasteiger partial charge < -0.3 is 10.8 Å². The van der Waals surface area contributed by atoms with Crippen molar-refractivity contribution < 1.29 is 14.8 Å². The van der Waals surface area contributed by atoms with Crippen molar-refractivity contribution in [3.8, 4) is 0 Å². The van der Waals surface area contributed by atoms with E-state index < -0.39 is 16.9 Å². The lowest BCUT2D eigenvalue weighted by Crippen LogP contribution is -2.36. The highest BCUT2D eigenvalue weighted by Gasteiger charge is 2.24. The van der Waals surface area contributed by atoms with Crippen molar-refractivity contribution in [2.45, 2.75) is 25.3 Å². The average Bonchev–Trinajstić information content (AvgIpc) is 2.30. The number of rotatable bonds is 5. The predicted octanol–water partition coefficient (Wildman–Crippen LogP) is 1.50. The molecule has 1 aromatic carbocycles. The number of carboxylic acid groups (broad SMARTS) is 1. The molecule has 92 valence electrons. The first-order chi connectivity index (χ1) is 7.97. The standard InChI is InChI=1S/C11H14N2O4/c1-2-9(10(12)11(14)15)7-3-5-8(6-4-7)13(16)17/h3-6,9-10H,2,12H2,1H3,(H,14,15)/t9-,10+/m0/s1. The van der Waals surface area contributed by atoms with Gasteiger partial charge in [-0.2, -0.15) is 0 Å². The zero-order valence-corrected chi connectivity index (χ0v) is 9.37. The summed E-state index contributed by atoms with van der Waals surface area (Å²) >= 11 is 0. The molecule has 6 nitrogen and oxygen atoms in total. The highest BCUT2D eigenvalue weighted by Crippen LogP contribution is 2.24. The highest BCUT2D eigenvalue weighted by atomic mass is 16.6. The van der Waals surface area contributed by atoms with Gasteiger partial charge in [0.15, 0.2) is 0 Å². The van der Waals surface area contributed by atoms with E-state index in [1.165, 1.54) is 12.1 Å². The first-order valence-electron chi connectivity index (χ1n) is 5.20. The highest BCUT2D eigenvalue weighted by molar-refractivity contribution is 5.74. The summed E-state index contributed by atoms with van der Waals surface area (Å²) in [5, 5.41) is 19.3. The molecule has 0 aromatic heterocycles. The van der Waals surface area contributed by atoms with E-state index in [0.717, 1.165) is 0 Å². The quantitative estimate of drug-likeness (QED) is 0.597. The Balaban J connectivity index is 2.97. The van der Waals surface area contributed by atoms with Crippen LogP contribution < -0.4 is 5.73 Å². The van der Waals surface area contributed by atoms with Crippen LogP contribution in [0.1, 0.15) is 24.8 Å². The van der Waals surface area contributed by atoms with Gasteiger partial charge in [0.2, 0.25) is 0 Å². The number of hydrogen-bond donors (Lipinski definition) is 2. The number of hydrogen-bond acceptors (Lipinski definition) is 4. The van der Waals surface area contributed by atoms with E-state index in [-0.39, 0.29) is 11.6 Å². The molecule has 1 rings (SSSR count). The molecule has 1 aromatic rings. The Morgan fingerprint density at radius 1 is 1.47 bits per heavy atom. The van der Waals surface area contributed by atoms with Crippen LogP contribution in [0, 0.1) is 10.1 Å². The zero-order valence-electron chi connectivity index (χ0n) is 9.37. The molecule has 2 atom stereocenters. The van der Waals surface area contributed by atoms with E-state index in [1.54, 1.807) is 12.1 Å². The van der Waals surface area contributed by atoms with Gasteiger partial charge >= 0.3 is 5.97 Å². The molecule has 0 heterocycles. The monoisotopic (exact) mass is 238 g/mol. The molecule has 0 saturated heterocycles. The summed E-state index contributed by atoms with van der Waals surface area (Å²) in [6.45, 7) is 1.83. The molecule has 0 aliphatic carbocycles.